The van der Waals surface area contributed by atoms with E-state index < -0.39 is 10.8 Å². The molecule has 2 aromatic rings. The van der Waals surface area contributed by atoms with Crippen LogP contribution in [0.4, 0.5) is 5.69 Å². The Morgan fingerprint density at radius 2 is 2.13 bits per heavy atom. The SMILES string of the molecule is O=C(Cc1cccc(O)c1)NN=Cc1cc(Cl)ccc1[N+](=O)[O-]. The Kier molecular flexibility index (Phi) is 5.27. The van der Waals surface area contributed by atoms with E-state index in [2.05, 4.69) is 10.5 Å². The number of rotatable bonds is 5. The van der Waals surface area contributed by atoms with Gasteiger partial charge in [0.15, 0.2) is 0 Å². The molecule has 0 radical (unpaired) electrons. The molecule has 7 nitrogen and oxygen atoms in total. The van der Waals surface area contributed by atoms with Gasteiger partial charge in [0.1, 0.15) is 5.75 Å². The van der Waals surface area contributed by atoms with E-state index in [0.29, 0.717) is 10.6 Å². The lowest BCUT2D eigenvalue weighted by atomic mass is 10.1. The van der Waals surface area contributed by atoms with Crippen molar-refractivity contribution in [2.45, 2.75) is 6.42 Å². The first kappa shape index (κ1) is 16.4. The summed E-state index contributed by atoms with van der Waals surface area (Å²) < 4.78 is 0. The number of nitro groups is 1. The van der Waals surface area contributed by atoms with Crippen LogP contribution < -0.4 is 5.43 Å². The highest BCUT2D eigenvalue weighted by molar-refractivity contribution is 6.31. The molecule has 0 aliphatic heterocycles. The van der Waals surface area contributed by atoms with Gasteiger partial charge in [-0.1, -0.05) is 23.7 Å². The molecular weight excluding hydrogens is 322 g/mol. The van der Waals surface area contributed by atoms with Gasteiger partial charge in [-0.05, 0) is 29.8 Å². The summed E-state index contributed by atoms with van der Waals surface area (Å²) in [4.78, 5) is 22.1. The zero-order valence-electron chi connectivity index (χ0n) is 11.8. The lowest BCUT2D eigenvalue weighted by Crippen LogP contribution is -2.19. The van der Waals surface area contributed by atoms with Crippen LogP contribution in [0.3, 0.4) is 0 Å². The predicted octanol–water partition coefficient (Wildman–Crippen LogP) is 2.65. The third-order valence-electron chi connectivity index (χ3n) is 2.85. The molecule has 2 aromatic carbocycles. The number of amides is 1. The van der Waals surface area contributed by atoms with Gasteiger partial charge in [0.05, 0.1) is 23.1 Å². The minimum atomic E-state index is -0.563. The molecular formula is C15H12ClN3O4. The van der Waals surface area contributed by atoms with Crippen LogP contribution in [0, 0.1) is 10.1 Å². The molecule has 0 heterocycles. The molecule has 23 heavy (non-hydrogen) atoms. The molecule has 0 saturated heterocycles. The number of carbonyl (C=O) groups excluding carboxylic acids is 1. The standard InChI is InChI=1S/C15H12ClN3O4/c16-12-4-5-14(19(22)23)11(8-12)9-17-18-15(21)7-10-2-1-3-13(20)6-10/h1-6,8-9,20H,7H2,(H,18,21). The minimum absolute atomic E-state index is 0.0172. The Bertz CT molecular complexity index is 777. The van der Waals surface area contributed by atoms with Crippen molar-refractivity contribution < 1.29 is 14.8 Å². The molecule has 0 saturated carbocycles. The molecule has 0 unspecified atom stereocenters. The van der Waals surface area contributed by atoms with E-state index in [-0.39, 0.29) is 23.4 Å². The minimum Gasteiger partial charge on any atom is -0.508 e. The van der Waals surface area contributed by atoms with Crippen LogP contribution in [0.15, 0.2) is 47.6 Å². The first-order chi connectivity index (χ1) is 11.0. The van der Waals surface area contributed by atoms with Gasteiger partial charge in [0, 0.05) is 11.1 Å². The number of nitrogens with zero attached hydrogens (tertiary/aromatic N) is 2. The van der Waals surface area contributed by atoms with Crippen molar-refractivity contribution in [3.05, 3.63) is 68.7 Å². The fourth-order valence-corrected chi connectivity index (χ4v) is 2.04. The van der Waals surface area contributed by atoms with Crippen LogP contribution in [0.5, 0.6) is 5.75 Å². The van der Waals surface area contributed by atoms with E-state index in [1.165, 1.54) is 30.3 Å². The fourth-order valence-electron chi connectivity index (χ4n) is 1.86. The van der Waals surface area contributed by atoms with Crippen molar-refractivity contribution in [2.75, 3.05) is 0 Å². The number of phenols is 1. The molecule has 8 heteroatoms. The van der Waals surface area contributed by atoms with E-state index in [9.17, 15) is 20.0 Å². The summed E-state index contributed by atoms with van der Waals surface area (Å²) in [7, 11) is 0. The average molecular weight is 334 g/mol. The largest absolute Gasteiger partial charge is 0.508 e. The molecule has 0 aromatic heterocycles. The van der Waals surface area contributed by atoms with Crippen molar-refractivity contribution in [1.29, 1.82) is 0 Å². The number of hydrogen-bond acceptors (Lipinski definition) is 5. The number of hydrazone groups is 1. The van der Waals surface area contributed by atoms with Gasteiger partial charge in [-0.15, -0.1) is 0 Å². The summed E-state index contributed by atoms with van der Waals surface area (Å²) in [5, 5.41) is 24.2. The van der Waals surface area contributed by atoms with Gasteiger partial charge in [-0.3, -0.25) is 14.9 Å². The number of nitro benzene ring substituents is 1. The summed E-state index contributed by atoms with van der Waals surface area (Å²) in [5.41, 5.74) is 2.90. The quantitative estimate of drug-likeness (QED) is 0.498. The molecule has 118 valence electrons. The molecule has 0 fully saturated rings. The van der Waals surface area contributed by atoms with Gasteiger partial charge in [-0.25, -0.2) is 5.43 Å². The zero-order valence-corrected chi connectivity index (χ0v) is 12.5. The van der Waals surface area contributed by atoms with Crippen molar-refractivity contribution in [3.63, 3.8) is 0 Å². The molecule has 0 aliphatic carbocycles. The van der Waals surface area contributed by atoms with Crippen LogP contribution >= 0.6 is 11.6 Å². The second-order valence-corrected chi connectivity index (χ2v) is 5.04. The van der Waals surface area contributed by atoms with Crippen LogP contribution in [0.2, 0.25) is 5.02 Å². The van der Waals surface area contributed by atoms with Crippen LogP contribution in [0.25, 0.3) is 0 Å². The second kappa shape index (κ2) is 7.37. The highest BCUT2D eigenvalue weighted by Gasteiger charge is 2.12. The van der Waals surface area contributed by atoms with Gasteiger partial charge >= 0.3 is 0 Å². The summed E-state index contributed by atoms with van der Waals surface area (Å²) in [5.74, 6) is -0.357. The third kappa shape index (κ3) is 4.79. The molecule has 2 N–H and O–H groups in total. The Hall–Kier alpha value is -2.93. The zero-order chi connectivity index (χ0) is 16.8. The number of aromatic hydroxyl groups is 1. The topological polar surface area (TPSA) is 105 Å². The molecule has 0 atom stereocenters. The summed E-state index contributed by atoms with van der Waals surface area (Å²) in [6.45, 7) is 0. The number of phenolic OH excluding ortho intramolecular Hbond substituents is 1. The second-order valence-electron chi connectivity index (χ2n) is 4.60. The Labute approximate surface area is 136 Å². The monoisotopic (exact) mass is 333 g/mol. The van der Waals surface area contributed by atoms with Gasteiger partial charge in [0.25, 0.3) is 5.69 Å². The molecule has 0 bridgehead atoms. The van der Waals surface area contributed by atoms with E-state index in [4.69, 9.17) is 11.6 Å². The van der Waals surface area contributed by atoms with Gasteiger partial charge < -0.3 is 5.11 Å². The third-order valence-corrected chi connectivity index (χ3v) is 3.09. The number of benzene rings is 2. The molecule has 2 rings (SSSR count). The normalized spacial score (nSPS) is 10.7. The van der Waals surface area contributed by atoms with E-state index in [1.807, 2.05) is 0 Å². The summed E-state index contributed by atoms with van der Waals surface area (Å²) in [6, 6.07) is 10.3. The highest BCUT2D eigenvalue weighted by atomic mass is 35.5. The van der Waals surface area contributed by atoms with Crippen LogP contribution in [-0.4, -0.2) is 22.2 Å². The highest BCUT2D eigenvalue weighted by Crippen LogP contribution is 2.20. The number of nitrogens with one attached hydrogen (secondary N) is 1. The Balaban J connectivity index is 2.03. The van der Waals surface area contributed by atoms with Crippen molar-refractivity contribution in [2.24, 2.45) is 5.10 Å². The average Bonchev–Trinajstić information content (AvgIpc) is 2.47. The smallest absolute Gasteiger partial charge is 0.278 e. The van der Waals surface area contributed by atoms with Crippen LogP contribution in [-0.2, 0) is 11.2 Å². The van der Waals surface area contributed by atoms with E-state index >= 15 is 0 Å². The van der Waals surface area contributed by atoms with Crippen molar-refractivity contribution >= 4 is 29.4 Å². The first-order valence-electron chi connectivity index (χ1n) is 6.49. The van der Waals surface area contributed by atoms with Crippen LogP contribution in [0.1, 0.15) is 11.1 Å². The first-order valence-corrected chi connectivity index (χ1v) is 6.87. The fraction of sp³-hybridized carbons (Fsp3) is 0.0667. The Morgan fingerprint density at radius 3 is 2.83 bits per heavy atom. The summed E-state index contributed by atoms with van der Waals surface area (Å²) >= 11 is 5.79. The predicted molar refractivity (Wildman–Crippen MR) is 85.7 cm³/mol. The number of carbonyl (C=O) groups is 1. The lowest BCUT2D eigenvalue weighted by Gasteiger charge is -2.01. The van der Waals surface area contributed by atoms with E-state index in [1.54, 1.807) is 12.1 Å². The molecule has 0 spiro atoms. The maximum Gasteiger partial charge on any atom is 0.278 e. The lowest BCUT2D eigenvalue weighted by molar-refractivity contribution is -0.385. The Morgan fingerprint density at radius 1 is 1.35 bits per heavy atom. The van der Waals surface area contributed by atoms with Gasteiger partial charge in [-0.2, -0.15) is 5.10 Å². The maximum absolute atomic E-state index is 11.7. The van der Waals surface area contributed by atoms with Crippen molar-refractivity contribution in [1.82, 2.24) is 5.43 Å². The maximum atomic E-state index is 11.7. The van der Waals surface area contributed by atoms with Crippen molar-refractivity contribution in [3.8, 4) is 5.75 Å². The number of hydrogen-bond donors (Lipinski definition) is 2. The van der Waals surface area contributed by atoms with E-state index in [0.717, 1.165) is 6.21 Å². The molecule has 1 amide bonds. The molecule has 0 aliphatic rings. The number of halogens is 1. The summed E-state index contributed by atoms with van der Waals surface area (Å²) in [6.07, 6.45) is 1.17. The van der Waals surface area contributed by atoms with Gasteiger partial charge in [0.2, 0.25) is 5.91 Å².